The van der Waals surface area contributed by atoms with Gasteiger partial charge in [-0.25, -0.2) is 0 Å². The van der Waals surface area contributed by atoms with Crippen LogP contribution in [0, 0.1) is 0 Å². The summed E-state index contributed by atoms with van der Waals surface area (Å²) >= 11 is 0. The molecule has 2 aromatic rings. The van der Waals surface area contributed by atoms with Gasteiger partial charge in [0.1, 0.15) is 12.0 Å². The maximum atomic E-state index is 10.4. The van der Waals surface area contributed by atoms with Gasteiger partial charge in [-0.15, -0.1) is 0 Å². The Hall–Kier alpha value is -1.84. The largest absolute Gasteiger partial charge is 0.497 e. The molecule has 1 heterocycles. The lowest BCUT2D eigenvalue weighted by Crippen LogP contribution is -2.00. The fourth-order valence-corrected chi connectivity index (χ4v) is 1.39. The Morgan fingerprint density at radius 1 is 1.57 bits per heavy atom. The van der Waals surface area contributed by atoms with Crippen LogP contribution in [0.4, 0.5) is 0 Å². The number of aromatic nitrogens is 2. The maximum absolute atomic E-state index is 10.4. The minimum Gasteiger partial charge on any atom is -0.497 e. The van der Waals surface area contributed by atoms with Crippen molar-refractivity contribution >= 4 is 17.2 Å². The maximum Gasteiger partial charge on any atom is 0.141 e. The second kappa shape index (κ2) is 3.49. The van der Waals surface area contributed by atoms with Crippen LogP contribution in [-0.2, 0) is 11.3 Å². The molecule has 0 saturated carbocycles. The molecule has 4 nitrogen and oxygen atoms in total. The minimum atomic E-state index is 0.274. The van der Waals surface area contributed by atoms with Gasteiger partial charge in [-0.2, -0.15) is 5.10 Å². The van der Waals surface area contributed by atoms with Crippen LogP contribution >= 0.6 is 0 Å². The zero-order valence-electron chi connectivity index (χ0n) is 7.80. The summed E-state index contributed by atoms with van der Waals surface area (Å²) in [4.78, 5) is 10.4. The summed E-state index contributed by atoms with van der Waals surface area (Å²) in [7, 11) is 1.61. The molecule has 1 aromatic carbocycles. The predicted molar refractivity (Wildman–Crippen MR) is 52.3 cm³/mol. The van der Waals surface area contributed by atoms with E-state index in [0.29, 0.717) is 0 Å². The van der Waals surface area contributed by atoms with Gasteiger partial charge < -0.3 is 9.53 Å². The first-order valence-corrected chi connectivity index (χ1v) is 4.28. The predicted octanol–water partition coefficient (Wildman–Crippen LogP) is 1.24. The van der Waals surface area contributed by atoms with E-state index in [4.69, 9.17) is 4.74 Å². The lowest BCUT2D eigenvalue weighted by molar-refractivity contribution is -0.108. The Kier molecular flexibility index (Phi) is 2.18. The van der Waals surface area contributed by atoms with Crippen LogP contribution in [0.3, 0.4) is 0 Å². The highest BCUT2D eigenvalue weighted by molar-refractivity contribution is 5.80. The van der Waals surface area contributed by atoms with Crippen LogP contribution in [0.15, 0.2) is 24.4 Å². The molecule has 14 heavy (non-hydrogen) atoms. The quantitative estimate of drug-likeness (QED) is 0.684. The molecule has 0 spiro atoms. The molecule has 0 atom stereocenters. The minimum absolute atomic E-state index is 0.274. The fourth-order valence-electron chi connectivity index (χ4n) is 1.39. The molecule has 0 saturated heterocycles. The molecule has 0 fully saturated rings. The number of rotatable bonds is 3. The number of benzene rings is 1. The topological polar surface area (TPSA) is 44.1 Å². The van der Waals surface area contributed by atoms with Gasteiger partial charge in [-0.1, -0.05) is 0 Å². The molecule has 0 aliphatic heterocycles. The molecule has 0 unspecified atom stereocenters. The number of ether oxygens (including phenoxy) is 1. The van der Waals surface area contributed by atoms with Crippen molar-refractivity contribution in [3.63, 3.8) is 0 Å². The van der Waals surface area contributed by atoms with Crippen LogP contribution in [0.2, 0.25) is 0 Å². The van der Waals surface area contributed by atoms with E-state index in [-0.39, 0.29) is 6.54 Å². The van der Waals surface area contributed by atoms with Crippen LogP contribution < -0.4 is 4.74 Å². The first-order chi connectivity index (χ1) is 6.85. The zero-order chi connectivity index (χ0) is 9.97. The monoisotopic (exact) mass is 190 g/mol. The molecule has 0 aliphatic carbocycles. The average Bonchev–Trinajstić information content (AvgIpc) is 2.61. The highest BCUT2D eigenvalue weighted by Gasteiger charge is 2.02. The lowest BCUT2D eigenvalue weighted by atomic mass is 10.2. The first kappa shape index (κ1) is 8.74. The Morgan fingerprint density at radius 3 is 3.14 bits per heavy atom. The molecule has 4 heteroatoms. The van der Waals surface area contributed by atoms with E-state index in [2.05, 4.69) is 5.10 Å². The Balaban J connectivity index is 2.57. The van der Waals surface area contributed by atoms with Crippen molar-refractivity contribution in [1.82, 2.24) is 9.78 Å². The number of hydrogen-bond acceptors (Lipinski definition) is 3. The van der Waals surface area contributed by atoms with Crippen LogP contribution in [0.1, 0.15) is 0 Å². The summed E-state index contributed by atoms with van der Waals surface area (Å²) in [5.41, 5.74) is 0.913. The third kappa shape index (κ3) is 1.35. The van der Waals surface area contributed by atoms with E-state index in [1.54, 1.807) is 18.0 Å². The van der Waals surface area contributed by atoms with Gasteiger partial charge in [0.2, 0.25) is 0 Å². The summed E-state index contributed by atoms with van der Waals surface area (Å²) in [5.74, 6) is 0.769. The zero-order valence-corrected chi connectivity index (χ0v) is 7.80. The summed E-state index contributed by atoms with van der Waals surface area (Å²) < 4.78 is 6.74. The lowest BCUT2D eigenvalue weighted by Gasteiger charge is -2.01. The van der Waals surface area contributed by atoms with Crippen molar-refractivity contribution in [3.8, 4) is 5.75 Å². The van der Waals surface area contributed by atoms with Crippen molar-refractivity contribution in [2.24, 2.45) is 0 Å². The van der Waals surface area contributed by atoms with Crippen LogP contribution in [-0.4, -0.2) is 23.2 Å². The highest BCUT2D eigenvalue weighted by atomic mass is 16.5. The molecule has 0 bridgehead atoms. The normalized spacial score (nSPS) is 10.4. The molecule has 0 radical (unpaired) electrons. The third-order valence-corrected chi connectivity index (χ3v) is 2.10. The van der Waals surface area contributed by atoms with Crippen molar-refractivity contribution < 1.29 is 9.53 Å². The Bertz CT molecular complexity index is 462. The average molecular weight is 190 g/mol. The number of fused-ring (bicyclic) bond motifs is 1. The van der Waals surface area contributed by atoms with Crippen molar-refractivity contribution in [2.45, 2.75) is 6.54 Å². The molecule has 2 rings (SSSR count). The summed E-state index contributed by atoms with van der Waals surface area (Å²) in [6.07, 6.45) is 2.56. The summed E-state index contributed by atoms with van der Waals surface area (Å²) in [6.45, 7) is 0.274. The van der Waals surface area contributed by atoms with Crippen LogP contribution in [0.5, 0.6) is 5.75 Å². The smallest absolute Gasteiger partial charge is 0.141 e. The van der Waals surface area contributed by atoms with E-state index < -0.39 is 0 Å². The molecule has 0 N–H and O–H groups in total. The summed E-state index contributed by atoms with van der Waals surface area (Å²) in [6, 6.07) is 5.66. The molecule has 0 amide bonds. The van der Waals surface area contributed by atoms with E-state index in [0.717, 1.165) is 22.9 Å². The van der Waals surface area contributed by atoms with E-state index in [1.807, 2.05) is 18.2 Å². The number of hydrogen-bond donors (Lipinski definition) is 0. The van der Waals surface area contributed by atoms with Gasteiger partial charge in [0.15, 0.2) is 0 Å². The standard InChI is InChI=1S/C10H10N2O2/c1-14-9-3-2-8-7-11-12(4-5-13)10(8)6-9/h2-3,5-7H,4H2,1H3. The summed E-state index contributed by atoms with van der Waals surface area (Å²) in [5, 5.41) is 5.10. The third-order valence-electron chi connectivity index (χ3n) is 2.10. The van der Waals surface area contributed by atoms with Crippen molar-refractivity contribution in [3.05, 3.63) is 24.4 Å². The molecular weight excluding hydrogens is 180 g/mol. The number of aldehydes is 1. The molecule has 72 valence electrons. The van der Waals surface area contributed by atoms with Gasteiger partial charge in [0.05, 0.1) is 25.4 Å². The number of methoxy groups -OCH3 is 1. The van der Waals surface area contributed by atoms with Gasteiger partial charge >= 0.3 is 0 Å². The molecular formula is C10H10N2O2. The van der Waals surface area contributed by atoms with Gasteiger partial charge in [-0.05, 0) is 12.1 Å². The van der Waals surface area contributed by atoms with Crippen LogP contribution in [0.25, 0.3) is 10.9 Å². The Morgan fingerprint density at radius 2 is 2.43 bits per heavy atom. The second-order valence-electron chi connectivity index (χ2n) is 2.92. The van der Waals surface area contributed by atoms with E-state index in [1.165, 1.54) is 0 Å². The Labute approximate surface area is 81.1 Å². The van der Waals surface area contributed by atoms with Crippen molar-refractivity contribution in [1.29, 1.82) is 0 Å². The fraction of sp³-hybridized carbons (Fsp3) is 0.200. The molecule has 0 aliphatic rings. The van der Waals surface area contributed by atoms with Gasteiger partial charge in [0, 0.05) is 11.5 Å². The number of carbonyl (C=O) groups excluding carboxylic acids is 1. The number of carbonyl (C=O) groups is 1. The number of nitrogens with zero attached hydrogens (tertiary/aromatic N) is 2. The first-order valence-electron chi connectivity index (χ1n) is 4.28. The van der Waals surface area contributed by atoms with Gasteiger partial charge in [0.25, 0.3) is 0 Å². The molecule has 1 aromatic heterocycles. The highest BCUT2D eigenvalue weighted by Crippen LogP contribution is 2.19. The van der Waals surface area contributed by atoms with E-state index in [9.17, 15) is 4.79 Å². The second-order valence-corrected chi connectivity index (χ2v) is 2.92. The van der Waals surface area contributed by atoms with Crippen molar-refractivity contribution in [2.75, 3.05) is 7.11 Å². The van der Waals surface area contributed by atoms with E-state index >= 15 is 0 Å². The van der Waals surface area contributed by atoms with Gasteiger partial charge in [-0.3, -0.25) is 4.68 Å². The SMILES string of the molecule is COc1ccc2cnn(CC=O)c2c1.